The van der Waals surface area contributed by atoms with E-state index in [4.69, 9.17) is 4.74 Å². The van der Waals surface area contributed by atoms with Crippen molar-refractivity contribution in [1.29, 1.82) is 0 Å². The van der Waals surface area contributed by atoms with Gasteiger partial charge in [-0.05, 0) is 57.5 Å². The molecule has 1 aromatic heterocycles. The summed E-state index contributed by atoms with van der Waals surface area (Å²) in [6.45, 7) is 10.3. The SMILES string of the molecule is C=C(C)c1cccc(Nc2ncnc3cc(OCC)c(NC(=O)C=C4CCN(C)CC4)cc23)c1. The van der Waals surface area contributed by atoms with Gasteiger partial charge in [-0.3, -0.25) is 4.79 Å². The number of fused-ring (bicyclic) bond motifs is 1. The number of aromatic nitrogens is 2. The van der Waals surface area contributed by atoms with E-state index >= 15 is 0 Å². The number of likely N-dealkylation sites (tertiary alicyclic amines) is 1. The molecule has 7 nitrogen and oxygen atoms in total. The van der Waals surface area contributed by atoms with Crippen molar-refractivity contribution in [1.82, 2.24) is 14.9 Å². The van der Waals surface area contributed by atoms with Crippen LogP contribution in [0.15, 0.2) is 61.0 Å². The summed E-state index contributed by atoms with van der Waals surface area (Å²) < 4.78 is 5.82. The number of anilines is 3. The third kappa shape index (κ3) is 5.61. The monoisotopic (exact) mass is 457 g/mol. The van der Waals surface area contributed by atoms with Gasteiger partial charge >= 0.3 is 0 Å². The van der Waals surface area contributed by atoms with Crippen LogP contribution in [0, 0.1) is 0 Å². The molecule has 0 saturated carbocycles. The lowest BCUT2D eigenvalue weighted by Crippen LogP contribution is -2.27. The quantitative estimate of drug-likeness (QED) is 0.463. The number of ether oxygens (including phenoxy) is 1. The van der Waals surface area contributed by atoms with Crippen molar-refractivity contribution in [3.63, 3.8) is 0 Å². The van der Waals surface area contributed by atoms with Crippen molar-refractivity contribution in [2.75, 3.05) is 37.4 Å². The molecule has 34 heavy (non-hydrogen) atoms. The zero-order chi connectivity index (χ0) is 24.1. The Morgan fingerprint density at radius 3 is 2.74 bits per heavy atom. The summed E-state index contributed by atoms with van der Waals surface area (Å²) in [6, 6.07) is 11.7. The number of amides is 1. The standard InChI is InChI=1S/C27H31N5O2/c1-5-34-25-16-23-22(15-24(25)31-26(33)13-19-9-11-32(4)12-10-19)27(29-17-28-23)30-21-8-6-7-20(14-21)18(2)3/h6-8,13-17H,2,5,9-12H2,1,3-4H3,(H,31,33)(H,28,29,30). The minimum atomic E-state index is -0.152. The van der Waals surface area contributed by atoms with Crippen LogP contribution in [0.25, 0.3) is 16.5 Å². The van der Waals surface area contributed by atoms with Crippen LogP contribution in [-0.4, -0.2) is 47.5 Å². The van der Waals surface area contributed by atoms with E-state index in [0.717, 1.165) is 59.2 Å². The van der Waals surface area contributed by atoms with Crippen LogP contribution < -0.4 is 15.4 Å². The summed E-state index contributed by atoms with van der Waals surface area (Å²) in [5.41, 5.74) is 5.42. The molecule has 0 bridgehead atoms. The lowest BCUT2D eigenvalue weighted by atomic mass is 10.0. The molecule has 1 saturated heterocycles. The zero-order valence-corrected chi connectivity index (χ0v) is 20.0. The first-order valence-corrected chi connectivity index (χ1v) is 11.6. The van der Waals surface area contributed by atoms with E-state index < -0.39 is 0 Å². The Bertz CT molecular complexity index is 1240. The van der Waals surface area contributed by atoms with Crippen molar-refractivity contribution in [2.24, 2.45) is 0 Å². The van der Waals surface area contributed by atoms with E-state index in [1.807, 2.05) is 50.2 Å². The van der Waals surface area contributed by atoms with Gasteiger partial charge in [0.1, 0.15) is 17.9 Å². The van der Waals surface area contributed by atoms with Gasteiger partial charge in [-0.25, -0.2) is 9.97 Å². The number of benzene rings is 2. The van der Waals surface area contributed by atoms with E-state index in [1.54, 1.807) is 6.08 Å². The van der Waals surface area contributed by atoms with Crippen LogP contribution >= 0.6 is 0 Å². The highest BCUT2D eigenvalue weighted by Gasteiger charge is 2.15. The summed E-state index contributed by atoms with van der Waals surface area (Å²) in [4.78, 5) is 24.0. The van der Waals surface area contributed by atoms with Crippen LogP contribution in [0.4, 0.5) is 17.2 Å². The first-order valence-electron chi connectivity index (χ1n) is 11.6. The van der Waals surface area contributed by atoms with Crippen molar-refractivity contribution in [3.8, 4) is 5.75 Å². The minimum Gasteiger partial charge on any atom is -0.492 e. The number of hydrogen-bond acceptors (Lipinski definition) is 6. The Balaban J connectivity index is 1.65. The van der Waals surface area contributed by atoms with Crippen LogP contribution in [0.2, 0.25) is 0 Å². The molecule has 3 aromatic rings. The first-order chi connectivity index (χ1) is 16.4. The molecule has 1 aliphatic rings. The van der Waals surface area contributed by atoms with Gasteiger partial charge < -0.3 is 20.3 Å². The second-order valence-electron chi connectivity index (χ2n) is 8.60. The Morgan fingerprint density at radius 1 is 1.21 bits per heavy atom. The van der Waals surface area contributed by atoms with E-state index in [-0.39, 0.29) is 5.91 Å². The largest absolute Gasteiger partial charge is 0.492 e. The molecule has 0 spiro atoms. The average molecular weight is 458 g/mol. The molecular formula is C27H31N5O2. The van der Waals surface area contributed by atoms with E-state index in [0.29, 0.717) is 23.9 Å². The van der Waals surface area contributed by atoms with Gasteiger partial charge in [-0.1, -0.05) is 29.9 Å². The molecule has 2 aromatic carbocycles. The molecule has 4 rings (SSSR count). The zero-order valence-electron chi connectivity index (χ0n) is 20.0. The molecule has 0 aliphatic carbocycles. The minimum absolute atomic E-state index is 0.152. The van der Waals surface area contributed by atoms with Crippen molar-refractivity contribution in [3.05, 3.63) is 66.5 Å². The van der Waals surface area contributed by atoms with Gasteiger partial charge in [0.05, 0.1) is 17.8 Å². The number of carbonyl (C=O) groups is 1. The molecular weight excluding hydrogens is 426 g/mol. The first kappa shape index (κ1) is 23.4. The lowest BCUT2D eigenvalue weighted by Gasteiger charge is -2.23. The predicted molar refractivity (Wildman–Crippen MR) is 139 cm³/mol. The number of carbonyl (C=O) groups excluding carboxylic acids is 1. The average Bonchev–Trinajstić information content (AvgIpc) is 2.82. The smallest absolute Gasteiger partial charge is 0.248 e. The highest BCUT2D eigenvalue weighted by molar-refractivity contribution is 6.04. The molecule has 1 fully saturated rings. The van der Waals surface area contributed by atoms with Gasteiger partial charge in [-0.15, -0.1) is 0 Å². The van der Waals surface area contributed by atoms with Gasteiger partial charge in [0.25, 0.3) is 0 Å². The predicted octanol–water partition coefficient (Wildman–Crippen LogP) is 5.40. The summed E-state index contributed by atoms with van der Waals surface area (Å²) in [5, 5.41) is 7.18. The third-order valence-electron chi connectivity index (χ3n) is 5.88. The fourth-order valence-electron chi connectivity index (χ4n) is 3.96. The maximum atomic E-state index is 12.8. The van der Waals surface area contributed by atoms with Crippen LogP contribution in [0.5, 0.6) is 5.75 Å². The molecule has 0 unspecified atom stereocenters. The van der Waals surface area contributed by atoms with Crippen LogP contribution in [0.3, 0.4) is 0 Å². The molecule has 0 atom stereocenters. The maximum absolute atomic E-state index is 12.8. The Morgan fingerprint density at radius 2 is 2.00 bits per heavy atom. The van der Waals surface area contributed by atoms with Crippen molar-refractivity contribution >= 4 is 39.6 Å². The number of allylic oxidation sites excluding steroid dienone is 1. The van der Waals surface area contributed by atoms with Gasteiger partial charge in [0.2, 0.25) is 5.91 Å². The van der Waals surface area contributed by atoms with E-state index in [1.165, 1.54) is 6.33 Å². The molecule has 176 valence electrons. The van der Waals surface area contributed by atoms with Crippen molar-refractivity contribution in [2.45, 2.75) is 26.7 Å². The fraction of sp³-hybridized carbons (Fsp3) is 0.296. The highest BCUT2D eigenvalue weighted by Crippen LogP contribution is 2.34. The van der Waals surface area contributed by atoms with Gasteiger partial charge in [0.15, 0.2) is 0 Å². The highest BCUT2D eigenvalue weighted by atomic mass is 16.5. The Labute approximate surface area is 200 Å². The number of rotatable bonds is 7. The molecule has 7 heteroatoms. The Kier molecular flexibility index (Phi) is 7.23. The van der Waals surface area contributed by atoms with Gasteiger partial charge in [0, 0.05) is 36.3 Å². The maximum Gasteiger partial charge on any atom is 0.248 e. The number of hydrogen-bond donors (Lipinski definition) is 2. The molecule has 1 aliphatic heterocycles. The molecule has 2 N–H and O–H groups in total. The fourth-order valence-corrected chi connectivity index (χ4v) is 3.96. The third-order valence-corrected chi connectivity index (χ3v) is 5.88. The topological polar surface area (TPSA) is 79.4 Å². The second kappa shape index (κ2) is 10.5. The second-order valence-corrected chi connectivity index (χ2v) is 8.60. The molecule has 2 heterocycles. The van der Waals surface area contributed by atoms with E-state index in [2.05, 4.69) is 39.1 Å². The van der Waals surface area contributed by atoms with Gasteiger partial charge in [-0.2, -0.15) is 0 Å². The number of piperidine rings is 1. The summed E-state index contributed by atoms with van der Waals surface area (Å²) >= 11 is 0. The normalized spacial score (nSPS) is 14.0. The lowest BCUT2D eigenvalue weighted by molar-refractivity contribution is -0.112. The number of nitrogens with zero attached hydrogens (tertiary/aromatic N) is 3. The summed E-state index contributed by atoms with van der Waals surface area (Å²) in [7, 11) is 2.10. The summed E-state index contributed by atoms with van der Waals surface area (Å²) in [5.74, 6) is 1.08. The summed E-state index contributed by atoms with van der Waals surface area (Å²) in [6.07, 6.45) is 5.05. The van der Waals surface area contributed by atoms with Crippen molar-refractivity contribution < 1.29 is 9.53 Å². The number of nitrogens with one attached hydrogen (secondary N) is 2. The van der Waals surface area contributed by atoms with Crippen LogP contribution in [-0.2, 0) is 4.79 Å². The van der Waals surface area contributed by atoms with Crippen LogP contribution in [0.1, 0.15) is 32.3 Å². The molecule has 1 amide bonds. The Hall–Kier alpha value is -3.71. The molecule has 0 radical (unpaired) electrons. The van der Waals surface area contributed by atoms with E-state index in [9.17, 15) is 4.79 Å².